The summed E-state index contributed by atoms with van der Waals surface area (Å²) in [5.74, 6) is 0.0300. The van der Waals surface area contributed by atoms with Gasteiger partial charge in [0, 0.05) is 0 Å². The van der Waals surface area contributed by atoms with Crippen molar-refractivity contribution in [2.45, 2.75) is 12.5 Å². The quantitative estimate of drug-likeness (QED) is 0.395. The molecule has 1 saturated heterocycles. The Hall–Kier alpha value is -0.830. The molecule has 1 fully saturated rings. The maximum Gasteiger partial charge on any atom is 0.249 e. The largest absolute Gasteiger partial charge is 0.274 e. The summed E-state index contributed by atoms with van der Waals surface area (Å²) < 4.78 is 0. The maximum atomic E-state index is 10.6. The summed E-state index contributed by atoms with van der Waals surface area (Å²) in [7, 11) is 1.48. The van der Waals surface area contributed by atoms with Crippen molar-refractivity contribution in [2.75, 3.05) is 7.11 Å². The Bertz CT molecular complexity index is 144. The molecule has 1 amide bonds. The molecule has 1 heterocycles. The first-order valence-corrected chi connectivity index (χ1v) is 2.78. The Kier molecular flexibility index (Phi) is 1.53. The van der Waals surface area contributed by atoms with Crippen molar-refractivity contribution in [3.8, 4) is 0 Å². The van der Waals surface area contributed by atoms with Crippen LogP contribution in [0.5, 0.6) is 0 Å². The minimum Gasteiger partial charge on any atom is -0.274 e. The molecule has 0 aromatic heterocycles. The predicted octanol–water partition coefficient (Wildman–Crippen LogP) is 0.335. The third kappa shape index (κ3) is 0.833. The highest BCUT2D eigenvalue weighted by Gasteiger charge is 2.33. The van der Waals surface area contributed by atoms with E-state index in [-0.39, 0.29) is 11.9 Å². The first kappa shape index (κ1) is 6.29. The van der Waals surface area contributed by atoms with Gasteiger partial charge < -0.3 is 0 Å². The molecule has 0 aromatic rings. The Morgan fingerprint density at radius 3 is 2.89 bits per heavy atom. The third-order valence-electron chi connectivity index (χ3n) is 1.40. The van der Waals surface area contributed by atoms with Crippen LogP contribution in [0.1, 0.15) is 6.42 Å². The maximum absolute atomic E-state index is 10.6. The van der Waals surface area contributed by atoms with Gasteiger partial charge in [-0.05, 0) is 0 Å². The summed E-state index contributed by atoms with van der Waals surface area (Å²) >= 11 is 0. The average molecular weight is 127 g/mol. The van der Waals surface area contributed by atoms with Gasteiger partial charge in [0.05, 0.1) is 19.6 Å². The number of nitrogens with zero attached hydrogens (tertiary/aromatic N) is 1. The highest BCUT2D eigenvalue weighted by atomic mass is 16.7. The molecule has 0 spiro atoms. The van der Waals surface area contributed by atoms with Crippen molar-refractivity contribution < 1.29 is 9.63 Å². The van der Waals surface area contributed by atoms with E-state index in [1.807, 2.05) is 0 Å². The Balaban J connectivity index is 2.46. The fourth-order valence-corrected chi connectivity index (χ4v) is 0.841. The molecule has 0 N–H and O–H groups in total. The number of hydrogen-bond donors (Lipinski definition) is 0. The summed E-state index contributed by atoms with van der Waals surface area (Å²) in [5.41, 5.74) is 0. The monoisotopic (exact) mass is 127 g/mol. The second-order valence-corrected chi connectivity index (χ2v) is 1.91. The summed E-state index contributed by atoms with van der Waals surface area (Å²) in [6.45, 7) is 3.54. The number of carbonyl (C=O) groups is 1. The molecule has 0 aromatic carbocycles. The molecule has 50 valence electrons. The van der Waals surface area contributed by atoms with Crippen LogP contribution in [0.4, 0.5) is 0 Å². The normalized spacial score (nSPS) is 25.7. The molecule has 1 aliphatic rings. The fraction of sp³-hybridized carbons (Fsp3) is 0.500. The first-order chi connectivity index (χ1) is 4.29. The number of hydrogen-bond acceptors (Lipinski definition) is 2. The molecule has 9 heavy (non-hydrogen) atoms. The van der Waals surface area contributed by atoms with Gasteiger partial charge in [0.25, 0.3) is 0 Å². The summed E-state index contributed by atoms with van der Waals surface area (Å²) in [5, 5.41) is 1.31. The fourth-order valence-electron chi connectivity index (χ4n) is 0.841. The number of rotatable bonds is 2. The van der Waals surface area contributed by atoms with Gasteiger partial charge in [0.15, 0.2) is 0 Å². The van der Waals surface area contributed by atoms with Crippen LogP contribution >= 0.6 is 0 Å². The Morgan fingerprint density at radius 1 is 2.00 bits per heavy atom. The molecule has 0 unspecified atom stereocenters. The Labute approximate surface area is 53.9 Å². The van der Waals surface area contributed by atoms with Gasteiger partial charge >= 0.3 is 0 Å². The number of hydroxylamine groups is 2. The van der Waals surface area contributed by atoms with Crippen LogP contribution in [-0.4, -0.2) is 24.1 Å². The lowest BCUT2D eigenvalue weighted by Gasteiger charge is -2.35. The van der Waals surface area contributed by atoms with E-state index in [4.69, 9.17) is 4.84 Å². The third-order valence-corrected chi connectivity index (χ3v) is 1.40. The van der Waals surface area contributed by atoms with Gasteiger partial charge in [-0.15, -0.1) is 6.58 Å². The van der Waals surface area contributed by atoms with Gasteiger partial charge in [-0.1, -0.05) is 6.08 Å². The molecule has 0 aliphatic carbocycles. The van der Waals surface area contributed by atoms with Gasteiger partial charge in [-0.3, -0.25) is 9.63 Å². The van der Waals surface area contributed by atoms with Crippen molar-refractivity contribution in [1.29, 1.82) is 0 Å². The zero-order valence-electron chi connectivity index (χ0n) is 5.33. The van der Waals surface area contributed by atoms with Crippen LogP contribution in [0.3, 0.4) is 0 Å². The van der Waals surface area contributed by atoms with Crippen LogP contribution in [0.2, 0.25) is 0 Å². The second-order valence-electron chi connectivity index (χ2n) is 1.91. The second kappa shape index (κ2) is 2.19. The van der Waals surface area contributed by atoms with E-state index in [9.17, 15) is 4.79 Å². The molecule has 1 rings (SSSR count). The molecule has 1 atom stereocenters. The molecular formula is C6H9NO2. The topological polar surface area (TPSA) is 29.5 Å². The lowest BCUT2D eigenvalue weighted by atomic mass is 10.1. The summed E-state index contributed by atoms with van der Waals surface area (Å²) in [6.07, 6.45) is 2.24. The van der Waals surface area contributed by atoms with Gasteiger partial charge in [0.1, 0.15) is 0 Å². The predicted molar refractivity (Wildman–Crippen MR) is 32.5 cm³/mol. The first-order valence-electron chi connectivity index (χ1n) is 2.78. The summed E-state index contributed by atoms with van der Waals surface area (Å²) in [6, 6.07) is 0.0995. The minimum atomic E-state index is 0.0300. The van der Waals surface area contributed by atoms with E-state index >= 15 is 0 Å². The lowest BCUT2D eigenvalue weighted by molar-refractivity contribution is -0.208. The molecule has 3 nitrogen and oxygen atoms in total. The highest BCUT2D eigenvalue weighted by molar-refractivity contribution is 5.82. The molecule has 0 saturated carbocycles. The number of carbonyl (C=O) groups excluding carboxylic acids is 1. The summed E-state index contributed by atoms with van der Waals surface area (Å²) in [4.78, 5) is 15.3. The van der Waals surface area contributed by atoms with E-state index in [0.717, 1.165) is 0 Å². The minimum absolute atomic E-state index is 0.0300. The van der Waals surface area contributed by atoms with Crippen molar-refractivity contribution in [3.63, 3.8) is 0 Å². The smallest absolute Gasteiger partial charge is 0.249 e. The van der Waals surface area contributed by atoms with Crippen LogP contribution in [0.15, 0.2) is 12.7 Å². The van der Waals surface area contributed by atoms with Crippen LogP contribution in [0, 0.1) is 0 Å². The lowest BCUT2D eigenvalue weighted by Crippen LogP contribution is -2.50. The standard InChI is InChI=1S/C6H9NO2/c1-3-5-4-6(8)7(5)9-2/h3,5H,1,4H2,2H3/t5-/m1/s1. The average Bonchev–Trinajstić information content (AvgIpc) is 1.83. The van der Waals surface area contributed by atoms with Gasteiger partial charge in [-0.25, -0.2) is 5.06 Å². The van der Waals surface area contributed by atoms with E-state index in [0.29, 0.717) is 6.42 Å². The van der Waals surface area contributed by atoms with Gasteiger partial charge in [0.2, 0.25) is 5.91 Å². The van der Waals surface area contributed by atoms with Gasteiger partial charge in [-0.2, -0.15) is 0 Å². The molecule has 1 aliphatic heterocycles. The Morgan fingerprint density at radius 2 is 2.67 bits per heavy atom. The van der Waals surface area contributed by atoms with E-state index in [1.54, 1.807) is 6.08 Å². The van der Waals surface area contributed by atoms with Crippen molar-refractivity contribution in [2.24, 2.45) is 0 Å². The van der Waals surface area contributed by atoms with E-state index in [1.165, 1.54) is 12.2 Å². The van der Waals surface area contributed by atoms with Crippen LogP contribution < -0.4 is 0 Å². The molecule has 0 bridgehead atoms. The molecule has 3 heteroatoms. The molecule has 0 radical (unpaired) electrons. The highest BCUT2D eigenvalue weighted by Crippen LogP contribution is 2.18. The van der Waals surface area contributed by atoms with E-state index in [2.05, 4.69) is 6.58 Å². The van der Waals surface area contributed by atoms with Crippen molar-refractivity contribution >= 4 is 5.91 Å². The zero-order valence-corrected chi connectivity index (χ0v) is 5.33. The number of amides is 1. The van der Waals surface area contributed by atoms with Crippen molar-refractivity contribution in [3.05, 3.63) is 12.7 Å². The zero-order chi connectivity index (χ0) is 6.85. The van der Waals surface area contributed by atoms with Crippen LogP contribution in [0.25, 0.3) is 0 Å². The van der Waals surface area contributed by atoms with Crippen molar-refractivity contribution in [1.82, 2.24) is 5.06 Å². The number of β-lactam (4-membered cyclic amide) rings is 1. The van der Waals surface area contributed by atoms with E-state index < -0.39 is 0 Å². The van der Waals surface area contributed by atoms with Crippen LogP contribution in [-0.2, 0) is 9.63 Å². The molecular weight excluding hydrogens is 118 g/mol. The SMILES string of the molecule is C=C[C@@H]1CC(=O)N1OC.